The van der Waals surface area contributed by atoms with Gasteiger partial charge in [-0.3, -0.25) is 9.08 Å². The number of hydrogen-bond acceptors (Lipinski definition) is 3. The van der Waals surface area contributed by atoms with Gasteiger partial charge in [0.1, 0.15) is 0 Å². The normalized spacial score (nSPS) is 11.1. The predicted octanol–water partition coefficient (Wildman–Crippen LogP) is 1.89. The zero-order valence-electron chi connectivity index (χ0n) is 8.50. The van der Waals surface area contributed by atoms with Crippen molar-refractivity contribution in [3.8, 4) is 11.3 Å². The van der Waals surface area contributed by atoms with Gasteiger partial charge in [0.15, 0.2) is 0 Å². The van der Waals surface area contributed by atoms with Gasteiger partial charge in [0.2, 0.25) is 5.78 Å². The van der Waals surface area contributed by atoms with Crippen molar-refractivity contribution in [2.24, 2.45) is 7.05 Å². The molecule has 80 valence electrons. The molecule has 0 fully saturated rings. The molecule has 3 heterocycles. The van der Waals surface area contributed by atoms with Gasteiger partial charge in [-0.25, -0.2) is 9.97 Å². The van der Waals surface area contributed by atoms with Crippen LogP contribution in [-0.4, -0.2) is 24.1 Å². The highest BCUT2D eigenvalue weighted by Gasteiger charge is 2.06. The molecule has 6 heteroatoms. The molecule has 0 spiro atoms. The second kappa shape index (κ2) is 3.41. The van der Waals surface area contributed by atoms with Crippen LogP contribution in [0.3, 0.4) is 0 Å². The van der Waals surface area contributed by atoms with E-state index in [9.17, 15) is 0 Å². The number of hydrogen-bond donors (Lipinski definition) is 0. The Bertz CT molecular complexity index is 654. The zero-order valence-corrected chi connectivity index (χ0v) is 10.1. The van der Waals surface area contributed by atoms with E-state index in [1.54, 1.807) is 17.1 Å². The van der Waals surface area contributed by atoms with Gasteiger partial charge in [-0.05, 0) is 15.9 Å². The summed E-state index contributed by atoms with van der Waals surface area (Å²) in [5.41, 5.74) is 1.86. The van der Waals surface area contributed by atoms with Crippen LogP contribution in [0.5, 0.6) is 0 Å². The molecule has 3 aromatic rings. The van der Waals surface area contributed by atoms with Crippen LogP contribution in [0.2, 0.25) is 0 Å². The lowest BCUT2D eigenvalue weighted by Crippen LogP contribution is -1.85. The van der Waals surface area contributed by atoms with Crippen LogP contribution in [0, 0.1) is 0 Å². The summed E-state index contributed by atoms with van der Waals surface area (Å²) >= 11 is 3.37. The van der Waals surface area contributed by atoms with Crippen LogP contribution in [0.15, 0.2) is 35.5 Å². The topological polar surface area (TPSA) is 48.0 Å². The van der Waals surface area contributed by atoms with E-state index < -0.39 is 0 Å². The zero-order chi connectivity index (χ0) is 11.1. The highest BCUT2D eigenvalue weighted by molar-refractivity contribution is 9.10. The fourth-order valence-electron chi connectivity index (χ4n) is 1.55. The van der Waals surface area contributed by atoms with Crippen molar-refractivity contribution in [1.82, 2.24) is 24.1 Å². The summed E-state index contributed by atoms with van der Waals surface area (Å²) in [6, 6.07) is 0. The van der Waals surface area contributed by atoms with Gasteiger partial charge in [0, 0.05) is 37.4 Å². The van der Waals surface area contributed by atoms with E-state index in [0.717, 1.165) is 15.7 Å². The number of aromatic nitrogens is 5. The average molecular weight is 278 g/mol. The van der Waals surface area contributed by atoms with E-state index in [-0.39, 0.29) is 0 Å². The molecule has 0 amide bonds. The van der Waals surface area contributed by atoms with Gasteiger partial charge < -0.3 is 0 Å². The lowest BCUT2D eigenvalue weighted by atomic mass is 10.3. The first kappa shape index (κ1) is 9.53. The van der Waals surface area contributed by atoms with E-state index in [4.69, 9.17) is 0 Å². The monoisotopic (exact) mass is 277 g/mol. The number of fused-ring (bicyclic) bond motifs is 1. The maximum Gasteiger partial charge on any atom is 0.234 e. The minimum Gasteiger partial charge on any atom is -0.289 e. The van der Waals surface area contributed by atoms with E-state index >= 15 is 0 Å². The van der Waals surface area contributed by atoms with Crippen molar-refractivity contribution in [1.29, 1.82) is 0 Å². The Morgan fingerprint density at radius 3 is 2.81 bits per heavy atom. The fourth-order valence-corrected chi connectivity index (χ4v) is 1.88. The second-order valence-corrected chi connectivity index (χ2v) is 4.42. The van der Waals surface area contributed by atoms with Gasteiger partial charge in [-0.2, -0.15) is 5.10 Å². The first-order chi connectivity index (χ1) is 7.72. The molecule has 0 aliphatic rings. The van der Waals surface area contributed by atoms with E-state index in [0.29, 0.717) is 5.78 Å². The second-order valence-electron chi connectivity index (χ2n) is 3.51. The molecule has 0 aromatic carbocycles. The molecule has 0 aliphatic carbocycles. The molecular formula is C10H8BrN5. The number of rotatable bonds is 1. The molecule has 0 saturated carbocycles. The van der Waals surface area contributed by atoms with Crippen molar-refractivity contribution >= 4 is 21.7 Å². The molecule has 0 N–H and O–H groups in total. The standard InChI is InChI=1S/C10H8BrN5/c1-15-4-7(2-13-15)9-6-16-5-8(11)3-12-10(16)14-9/h2-6H,1H3. The minimum absolute atomic E-state index is 0.682. The Balaban J connectivity index is 2.18. The third-order valence-corrected chi connectivity index (χ3v) is 2.69. The molecule has 3 aromatic heterocycles. The van der Waals surface area contributed by atoms with E-state index in [2.05, 4.69) is 31.0 Å². The predicted molar refractivity (Wildman–Crippen MR) is 62.9 cm³/mol. The van der Waals surface area contributed by atoms with Crippen molar-refractivity contribution < 1.29 is 0 Å². The van der Waals surface area contributed by atoms with Crippen LogP contribution >= 0.6 is 15.9 Å². The molecular weight excluding hydrogens is 270 g/mol. The molecule has 0 radical (unpaired) electrons. The van der Waals surface area contributed by atoms with Gasteiger partial charge >= 0.3 is 0 Å². The quantitative estimate of drug-likeness (QED) is 0.683. The number of halogens is 1. The van der Waals surface area contributed by atoms with Gasteiger partial charge in [-0.15, -0.1) is 0 Å². The maximum absolute atomic E-state index is 4.42. The molecule has 16 heavy (non-hydrogen) atoms. The summed E-state index contributed by atoms with van der Waals surface area (Å²) in [6.07, 6.45) is 9.31. The van der Waals surface area contributed by atoms with Crippen molar-refractivity contribution in [2.45, 2.75) is 0 Å². The summed E-state index contributed by atoms with van der Waals surface area (Å²) in [4.78, 5) is 8.63. The van der Waals surface area contributed by atoms with Crippen molar-refractivity contribution in [2.75, 3.05) is 0 Å². The Morgan fingerprint density at radius 1 is 1.19 bits per heavy atom. The molecule has 3 rings (SSSR count). The largest absolute Gasteiger partial charge is 0.289 e. The highest BCUT2D eigenvalue weighted by atomic mass is 79.9. The lowest BCUT2D eigenvalue weighted by Gasteiger charge is -1.90. The molecule has 0 unspecified atom stereocenters. The molecule has 0 bridgehead atoms. The van der Waals surface area contributed by atoms with Crippen LogP contribution in [0.1, 0.15) is 0 Å². The molecule has 0 aliphatic heterocycles. The Morgan fingerprint density at radius 2 is 2.06 bits per heavy atom. The van der Waals surface area contributed by atoms with E-state index in [1.165, 1.54) is 0 Å². The lowest BCUT2D eigenvalue weighted by molar-refractivity contribution is 0.768. The summed E-state index contributed by atoms with van der Waals surface area (Å²) in [7, 11) is 1.88. The minimum atomic E-state index is 0.682. The summed E-state index contributed by atoms with van der Waals surface area (Å²) in [5, 5.41) is 4.12. The molecule has 0 atom stereocenters. The Kier molecular flexibility index (Phi) is 2.03. The van der Waals surface area contributed by atoms with E-state index in [1.807, 2.05) is 30.0 Å². The maximum atomic E-state index is 4.42. The molecule has 5 nitrogen and oxygen atoms in total. The Hall–Kier alpha value is -1.69. The number of aryl methyl sites for hydroxylation is 1. The van der Waals surface area contributed by atoms with Crippen LogP contribution in [-0.2, 0) is 7.05 Å². The van der Waals surface area contributed by atoms with Crippen LogP contribution in [0.4, 0.5) is 0 Å². The third-order valence-electron chi connectivity index (χ3n) is 2.28. The highest BCUT2D eigenvalue weighted by Crippen LogP contribution is 2.18. The smallest absolute Gasteiger partial charge is 0.234 e. The number of imidazole rings is 1. The van der Waals surface area contributed by atoms with Crippen LogP contribution in [0.25, 0.3) is 17.0 Å². The van der Waals surface area contributed by atoms with Crippen molar-refractivity contribution in [3.63, 3.8) is 0 Å². The van der Waals surface area contributed by atoms with Crippen LogP contribution < -0.4 is 0 Å². The molecule has 0 saturated heterocycles. The van der Waals surface area contributed by atoms with Gasteiger partial charge in [0.05, 0.1) is 16.4 Å². The first-order valence-corrected chi connectivity index (χ1v) is 5.51. The summed E-state index contributed by atoms with van der Waals surface area (Å²) in [6.45, 7) is 0. The number of nitrogens with zero attached hydrogens (tertiary/aromatic N) is 5. The van der Waals surface area contributed by atoms with Crippen molar-refractivity contribution in [3.05, 3.63) is 35.5 Å². The van der Waals surface area contributed by atoms with Gasteiger partial charge in [-0.1, -0.05) is 0 Å². The Labute approximate surface area is 99.9 Å². The SMILES string of the molecule is Cn1cc(-c2cn3cc(Br)cnc3n2)cn1. The third kappa shape index (κ3) is 1.51. The summed E-state index contributed by atoms with van der Waals surface area (Å²) in [5.74, 6) is 0.682. The summed E-state index contributed by atoms with van der Waals surface area (Å²) < 4.78 is 4.56. The fraction of sp³-hybridized carbons (Fsp3) is 0.100. The average Bonchev–Trinajstić information content (AvgIpc) is 2.83. The first-order valence-electron chi connectivity index (χ1n) is 4.71. The van der Waals surface area contributed by atoms with Gasteiger partial charge in [0.25, 0.3) is 0 Å².